The van der Waals surface area contributed by atoms with Crippen LogP contribution in [0.5, 0.6) is 0 Å². The summed E-state index contributed by atoms with van der Waals surface area (Å²) in [5, 5.41) is 0. The minimum atomic E-state index is 0.0516. The summed E-state index contributed by atoms with van der Waals surface area (Å²) in [6.45, 7) is 5.73. The van der Waals surface area contributed by atoms with Crippen molar-refractivity contribution in [3.8, 4) is 0 Å². The lowest BCUT2D eigenvalue weighted by Gasteiger charge is -2.50. The highest BCUT2D eigenvalue weighted by atomic mass is 16.5. The summed E-state index contributed by atoms with van der Waals surface area (Å²) >= 11 is 0. The number of para-hydroxylation sites is 1. The molecular formula is C15H21N3O. The molecule has 1 aliphatic carbocycles. The zero-order valence-corrected chi connectivity index (χ0v) is 11.6. The van der Waals surface area contributed by atoms with Gasteiger partial charge in [0.25, 0.3) is 0 Å². The van der Waals surface area contributed by atoms with Crippen LogP contribution < -0.4 is 10.6 Å². The number of guanidine groups is 1. The van der Waals surface area contributed by atoms with Gasteiger partial charge in [-0.05, 0) is 38.3 Å². The number of benzene rings is 1. The topological polar surface area (TPSA) is 50.9 Å². The first kappa shape index (κ1) is 12.5. The summed E-state index contributed by atoms with van der Waals surface area (Å²) in [6, 6.07) is 8.35. The standard InChI is InChI=1S/C15H21N3O/c1-3-19-12-8-15(9-12)10-17-14(16)18(15)13-7-5-4-6-11(13)2/h4-7,12H,3,8-10H2,1-2H3,(H2,16,17). The number of hydrogen-bond acceptors (Lipinski definition) is 4. The minimum absolute atomic E-state index is 0.0516. The van der Waals surface area contributed by atoms with Gasteiger partial charge in [0.1, 0.15) is 0 Å². The smallest absolute Gasteiger partial charge is 0.196 e. The number of aliphatic imine (C=N–C) groups is 1. The van der Waals surface area contributed by atoms with Gasteiger partial charge < -0.3 is 15.4 Å². The van der Waals surface area contributed by atoms with Crippen molar-refractivity contribution in [2.75, 3.05) is 18.1 Å². The summed E-state index contributed by atoms with van der Waals surface area (Å²) < 4.78 is 5.70. The van der Waals surface area contributed by atoms with Crippen molar-refractivity contribution in [3.05, 3.63) is 29.8 Å². The Morgan fingerprint density at radius 1 is 1.42 bits per heavy atom. The average molecular weight is 259 g/mol. The van der Waals surface area contributed by atoms with E-state index in [2.05, 4.69) is 41.1 Å². The molecule has 3 rings (SSSR count). The van der Waals surface area contributed by atoms with Crippen molar-refractivity contribution in [2.45, 2.75) is 38.3 Å². The van der Waals surface area contributed by atoms with Crippen LogP contribution in [-0.2, 0) is 4.74 Å². The molecule has 0 amide bonds. The van der Waals surface area contributed by atoms with Crippen LogP contribution in [0.25, 0.3) is 0 Å². The molecule has 0 atom stereocenters. The molecule has 19 heavy (non-hydrogen) atoms. The molecule has 2 N–H and O–H groups in total. The van der Waals surface area contributed by atoms with E-state index < -0.39 is 0 Å². The number of nitrogens with zero attached hydrogens (tertiary/aromatic N) is 2. The van der Waals surface area contributed by atoms with E-state index in [9.17, 15) is 0 Å². The van der Waals surface area contributed by atoms with Gasteiger partial charge in [0.2, 0.25) is 0 Å². The van der Waals surface area contributed by atoms with Crippen molar-refractivity contribution in [2.24, 2.45) is 10.7 Å². The van der Waals surface area contributed by atoms with E-state index in [1.54, 1.807) is 0 Å². The number of hydrogen-bond donors (Lipinski definition) is 1. The van der Waals surface area contributed by atoms with E-state index in [-0.39, 0.29) is 5.54 Å². The zero-order chi connectivity index (χ0) is 13.5. The van der Waals surface area contributed by atoms with Crippen LogP contribution in [-0.4, -0.2) is 30.8 Å². The molecule has 4 heteroatoms. The Balaban J connectivity index is 1.87. The van der Waals surface area contributed by atoms with E-state index >= 15 is 0 Å². The van der Waals surface area contributed by atoms with Gasteiger partial charge in [-0.2, -0.15) is 0 Å². The van der Waals surface area contributed by atoms with Gasteiger partial charge in [-0.1, -0.05) is 18.2 Å². The number of ether oxygens (including phenoxy) is 1. The van der Waals surface area contributed by atoms with Gasteiger partial charge in [0, 0.05) is 12.3 Å². The minimum Gasteiger partial charge on any atom is -0.378 e. The van der Waals surface area contributed by atoms with Gasteiger partial charge in [-0.15, -0.1) is 0 Å². The first-order valence-corrected chi connectivity index (χ1v) is 6.94. The predicted molar refractivity (Wildman–Crippen MR) is 77.5 cm³/mol. The second kappa shape index (κ2) is 4.53. The normalized spacial score (nSPS) is 29.5. The lowest BCUT2D eigenvalue weighted by atomic mass is 9.73. The molecule has 1 heterocycles. The third kappa shape index (κ3) is 1.91. The number of rotatable bonds is 3. The third-order valence-electron chi connectivity index (χ3n) is 4.21. The van der Waals surface area contributed by atoms with Crippen molar-refractivity contribution in [1.82, 2.24) is 0 Å². The fourth-order valence-corrected chi connectivity index (χ4v) is 3.26. The SMILES string of the molecule is CCOC1CC2(CN=C(N)N2c2ccccc2C)C1. The molecule has 4 nitrogen and oxygen atoms in total. The Labute approximate surface area is 114 Å². The molecule has 0 bridgehead atoms. The quantitative estimate of drug-likeness (QED) is 0.904. The molecular weight excluding hydrogens is 238 g/mol. The Morgan fingerprint density at radius 3 is 2.84 bits per heavy atom. The van der Waals surface area contributed by atoms with Crippen molar-refractivity contribution in [3.63, 3.8) is 0 Å². The van der Waals surface area contributed by atoms with Gasteiger partial charge in [-0.3, -0.25) is 4.99 Å². The number of aryl methyl sites for hydroxylation is 1. The Morgan fingerprint density at radius 2 is 2.16 bits per heavy atom. The second-order valence-corrected chi connectivity index (χ2v) is 5.51. The molecule has 1 aromatic carbocycles. The molecule has 1 spiro atoms. The second-order valence-electron chi connectivity index (χ2n) is 5.51. The fraction of sp³-hybridized carbons (Fsp3) is 0.533. The third-order valence-corrected chi connectivity index (χ3v) is 4.21. The van der Waals surface area contributed by atoms with Gasteiger partial charge in [0.05, 0.1) is 18.2 Å². The summed E-state index contributed by atoms with van der Waals surface area (Å²) in [5.74, 6) is 0.643. The fourth-order valence-electron chi connectivity index (χ4n) is 3.26. The maximum atomic E-state index is 6.12. The number of nitrogens with two attached hydrogens (primary N) is 1. The van der Waals surface area contributed by atoms with Crippen molar-refractivity contribution in [1.29, 1.82) is 0 Å². The van der Waals surface area contributed by atoms with Gasteiger partial charge >= 0.3 is 0 Å². The van der Waals surface area contributed by atoms with Crippen LogP contribution in [0.3, 0.4) is 0 Å². The highest BCUT2D eigenvalue weighted by molar-refractivity contribution is 5.99. The summed E-state index contributed by atoms with van der Waals surface area (Å²) in [7, 11) is 0. The van der Waals surface area contributed by atoms with Crippen LogP contribution in [0.15, 0.2) is 29.3 Å². The summed E-state index contributed by atoms with van der Waals surface area (Å²) in [4.78, 5) is 6.69. The molecule has 1 fully saturated rings. The van der Waals surface area contributed by atoms with E-state index in [1.165, 1.54) is 11.3 Å². The highest BCUT2D eigenvalue weighted by Crippen LogP contribution is 2.45. The van der Waals surface area contributed by atoms with Gasteiger partial charge in [0.15, 0.2) is 5.96 Å². The molecule has 0 saturated heterocycles. The Bertz CT molecular complexity index is 506. The maximum Gasteiger partial charge on any atom is 0.196 e. The monoisotopic (exact) mass is 259 g/mol. The molecule has 0 aromatic heterocycles. The molecule has 102 valence electrons. The summed E-state index contributed by atoms with van der Waals surface area (Å²) in [5.41, 5.74) is 8.59. The molecule has 1 aromatic rings. The molecule has 2 aliphatic rings. The van der Waals surface area contributed by atoms with Crippen molar-refractivity contribution >= 4 is 11.6 Å². The van der Waals surface area contributed by atoms with Crippen LogP contribution in [0.1, 0.15) is 25.3 Å². The van der Waals surface area contributed by atoms with E-state index in [0.717, 1.165) is 26.0 Å². The zero-order valence-electron chi connectivity index (χ0n) is 11.6. The lowest BCUT2D eigenvalue weighted by Crippen LogP contribution is -2.62. The van der Waals surface area contributed by atoms with Crippen LogP contribution in [0.2, 0.25) is 0 Å². The van der Waals surface area contributed by atoms with Crippen LogP contribution in [0, 0.1) is 6.92 Å². The van der Waals surface area contributed by atoms with Crippen LogP contribution >= 0.6 is 0 Å². The Hall–Kier alpha value is -1.55. The van der Waals surface area contributed by atoms with E-state index in [0.29, 0.717) is 12.1 Å². The van der Waals surface area contributed by atoms with Gasteiger partial charge in [-0.25, -0.2) is 0 Å². The molecule has 0 radical (unpaired) electrons. The summed E-state index contributed by atoms with van der Waals surface area (Å²) in [6.07, 6.45) is 2.39. The average Bonchev–Trinajstić information content (AvgIpc) is 2.68. The molecule has 1 saturated carbocycles. The van der Waals surface area contributed by atoms with E-state index in [4.69, 9.17) is 10.5 Å². The molecule has 0 unspecified atom stereocenters. The van der Waals surface area contributed by atoms with Crippen LogP contribution in [0.4, 0.5) is 5.69 Å². The lowest BCUT2D eigenvalue weighted by molar-refractivity contribution is -0.0306. The number of anilines is 1. The maximum absolute atomic E-state index is 6.12. The molecule has 1 aliphatic heterocycles. The Kier molecular flexibility index (Phi) is 2.97. The van der Waals surface area contributed by atoms with Crippen molar-refractivity contribution < 1.29 is 4.74 Å². The first-order valence-electron chi connectivity index (χ1n) is 6.94. The predicted octanol–water partition coefficient (Wildman–Crippen LogP) is 2.07. The van der Waals surface area contributed by atoms with E-state index in [1.807, 2.05) is 6.92 Å². The largest absolute Gasteiger partial charge is 0.378 e. The first-order chi connectivity index (χ1) is 9.16. The highest BCUT2D eigenvalue weighted by Gasteiger charge is 2.53.